The average Bonchev–Trinajstić information content (AvgIpc) is 3.20. The molecule has 29 heavy (non-hydrogen) atoms. The lowest BCUT2D eigenvalue weighted by atomic mass is 9.93. The average molecular weight is 395 g/mol. The van der Waals surface area contributed by atoms with E-state index in [1.807, 2.05) is 0 Å². The molecular formula is C20H21N5O4. The number of likely N-dealkylation sites (tertiary alicyclic amines) is 1. The summed E-state index contributed by atoms with van der Waals surface area (Å²) in [5.74, 6) is 4.88. The van der Waals surface area contributed by atoms with Crippen molar-refractivity contribution in [3.63, 3.8) is 0 Å². The van der Waals surface area contributed by atoms with Gasteiger partial charge in [0.1, 0.15) is 0 Å². The van der Waals surface area contributed by atoms with Crippen molar-refractivity contribution in [1.82, 2.24) is 19.7 Å². The SMILES string of the molecule is CN1CC[C@@](O)(C#Cc2ccnc(-n3nc(C(N)=O)c4c3C[C@@H](O)CC4)c2)C1=O. The van der Waals surface area contributed by atoms with E-state index in [1.54, 1.807) is 19.2 Å². The third-order valence-corrected chi connectivity index (χ3v) is 5.37. The zero-order valence-electron chi connectivity index (χ0n) is 15.9. The van der Waals surface area contributed by atoms with E-state index in [-0.39, 0.29) is 12.1 Å². The molecule has 9 heteroatoms. The molecule has 4 rings (SSSR count). The Labute approximate surface area is 167 Å². The number of carbonyl (C=O) groups excluding carboxylic acids is 2. The number of nitrogens with two attached hydrogens (primary N) is 1. The minimum atomic E-state index is -1.69. The quantitative estimate of drug-likeness (QED) is 0.568. The largest absolute Gasteiger partial charge is 0.393 e. The lowest BCUT2D eigenvalue weighted by Gasteiger charge is -2.18. The van der Waals surface area contributed by atoms with Crippen LogP contribution in [0.3, 0.4) is 0 Å². The maximum absolute atomic E-state index is 12.1. The van der Waals surface area contributed by atoms with E-state index in [1.165, 1.54) is 15.8 Å². The van der Waals surface area contributed by atoms with Crippen LogP contribution in [0.5, 0.6) is 0 Å². The fourth-order valence-electron chi connectivity index (χ4n) is 3.74. The van der Waals surface area contributed by atoms with Gasteiger partial charge in [-0.2, -0.15) is 5.10 Å². The van der Waals surface area contributed by atoms with E-state index in [4.69, 9.17) is 5.73 Å². The molecule has 150 valence electrons. The molecule has 1 fully saturated rings. The van der Waals surface area contributed by atoms with Crippen LogP contribution < -0.4 is 5.73 Å². The second-order valence-electron chi connectivity index (χ2n) is 7.44. The van der Waals surface area contributed by atoms with E-state index in [9.17, 15) is 19.8 Å². The Morgan fingerprint density at radius 2 is 2.24 bits per heavy atom. The van der Waals surface area contributed by atoms with E-state index in [2.05, 4.69) is 21.9 Å². The summed E-state index contributed by atoms with van der Waals surface area (Å²) in [5.41, 5.74) is 5.92. The molecule has 0 spiro atoms. The highest BCUT2D eigenvalue weighted by Crippen LogP contribution is 2.27. The second kappa shape index (κ2) is 6.99. The van der Waals surface area contributed by atoms with E-state index < -0.39 is 23.5 Å². The smallest absolute Gasteiger partial charge is 0.269 e. The van der Waals surface area contributed by atoms with Crippen molar-refractivity contribution in [2.24, 2.45) is 5.73 Å². The number of amides is 2. The molecule has 2 aliphatic rings. The molecule has 2 atom stereocenters. The Kier molecular flexibility index (Phi) is 4.61. The number of rotatable bonds is 2. The molecule has 9 nitrogen and oxygen atoms in total. The second-order valence-corrected chi connectivity index (χ2v) is 7.44. The van der Waals surface area contributed by atoms with Crippen molar-refractivity contribution in [3.8, 4) is 17.7 Å². The molecule has 0 radical (unpaired) electrons. The summed E-state index contributed by atoms with van der Waals surface area (Å²) in [6.07, 6.45) is 2.65. The number of aliphatic hydroxyl groups excluding tert-OH is 1. The Morgan fingerprint density at radius 1 is 1.45 bits per heavy atom. The first-order valence-electron chi connectivity index (χ1n) is 9.34. The number of primary amides is 1. The lowest BCUT2D eigenvalue weighted by molar-refractivity contribution is -0.137. The van der Waals surface area contributed by atoms with Crippen molar-refractivity contribution in [1.29, 1.82) is 0 Å². The molecule has 2 amide bonds. The van der Waals surface area contributed by atoms with Crippen LogP contribution in [-0.2, 0) is 17.6 Å². The number of pyridine rings is 1. The number of nitrogens with zero attached hydrogens (tertiary/aromatic N) is 4. The van der Waals surface area contributed by atoms with Crippen molar-refractivity contribution >= 4 is 11.8 Å². The van der Waals surface area contributed by atoms with Gasteiger partial charge in [0.2, 0.25) is 5.60 Å². The van der Waals surface area contributed by atoms with Gasteiger partial charge in [0, 0.05) is 43.8 Å². The summed E-state index contributed by atoms with van der Waals surface area (Å²) in [6, 6.07) is 3.31. The topological polar surface area (TPSA) is 135 Å². The van der Waals surface area contributed by atoms with Crippen LogP contribution in [0.4, 0.5) is 0 Å². The third-order valence-electron chi connectivity index (χ3n) is 5.37. The predicted molar refractivity (Wildman–Crippen MR) is 102 cm³/mol. The van der Waals surface area contributed by atoms with Gasteiger partial charge in [-0.25, -0.2) is 9.67 Å². The van der Waals surface area contributed by atoms with Gasteiger partial charge in [-0.15, -0.1) is 0 Å². The zero-order chi connectivity index (χ0) is 20.8. The van der Waals surface area contributed by atoms with Crippen LogP contribution in [0.2, 0.25) is 0 Å². The van der Waals surface area contributed by atoms with Crippen molar-refractivity contribution in [2.75, 3.05) is 13.6 Å². The van der Waals surface area contributed by atoms with Gasteiger partial charge < -0.3 is 20.8 Å². The van der Waals surface area contributed by atoms with Gasteiger partial charge >= 0.3 is 0 Å². The Balaban J connectivity index is 1.72. The molecule has 1 aliphatic carbocycles. The van der Waals surface area contributed by atoms with Crippen LogP contribution in [0, 0.1) is 11.8 Å². The molecular weight excluding hydrogens is 374 g/mol. The minimum absolute atomic E-state index is 0.180. The number of likely N-dealkylation sites (N-methyl/N-ethyl adjacent to an activating group) is 1. The maximum atomic E-state index is 12.1. The summed E-state index contributed by atoms with van der Waals surface area (Å²) >= 11 is 0. The van der Waals surface area contributed by atoms with Crippen LogP contribution in [0.15, 0.2) is 18.3 Å². The predicted octanol–water partition coefficient (Wildman–Crippen LogP) is -0.839. The summed E-state index contributed by atoms with van der Waals surface area (Å²) in [7, 11) is 1.62. The van der Waals surface area contributed by atoms with Crippen LogP contribution in [-0.4, -0.2) is 67.0 Å². The number of aliphatic hydroxyl groups is 2. The number of carbonyl (C=O) groups is 2. The van der Waals surface area contributed by atoms with Gasteiger partial charge in [0.05, 0.1) is 11.8 Å². The fourth-order valence-corrected chi connectivity index (χ4v) is 3.74. The van der Waals surface area contributed by atoms with Crippen molar-refractivity contribution in [3.05, 3.63) is 40.8 Å². The summed E-state index contributed by atoms with van der Waals surface area (Å²) in [5, 5.41) is 24.8. The zero-order valence-corrected chi connectivity index (χ0v) is 15.9. The minimum Gasteiger partial charge on any atom is -0.393 e. The third kappa shape index (κ3) is 3.37. The molecule has 2 aromatic rings. The molecule has 1 saturated heterocycles. The molecule has 1 aliphatic heterocycles. The highest BCUT2D eigenvalue weighted by Gasteiger charge is 2.42. The standard InChI is InChI=1S/C20H21N5O4/c1-24-9-7-20(29,19(24)28)6-4-12-5-8-22-16(10-12)25-15-11-13(26)2-3-14(15)17(23-25)18(21)27/h5,8,10,13,26,29H,2-3,7,9,11H2,1H3,(H2,21,27)/t13-,20-/m0/s1. The van der Waals surface area contributed by atoms with E-state index in [0.29, 0.717) is 42.9 Å². The highest BCUT2D eigenvalue weighted by molar-refractivity contribution is 5.93. The van der Waals surface area contributed by atoms with Gasteiger partial charge in [-0.1, -0.05) is 11.8 Å². The molecule has 2 aromatic heterocycles. The summed E-state index contributed by atoms with van der Waals surface area (Å²) in [6.45, 7) is 0.448. The van der Waals surface area contributed by atoms with Gasteiger partial charge in [-0.05, 0) is 25.0 Å². The first kappa shape index (κ1) is 19.1. The van der Waals surface area contributed by atoms with Gasteiger partial charge in [0.25, 0.3) is 11.8 Å². The number of hydrogen-bond donors (Lipinski definition) is 3. The highest BCUT2D eigenvalue weighted by atomic mass is 16.3. The molecule has 3 heterocycles. The fraction of sp³-hybridized carbons (Fsp3) is 0.400. The number of fused-ring (bicyclic) bond motifs is 1. The van der Waals surface area contributed by atoms with Crippen molar-refractivity contribution in [2.45, 2.75) is 37.4 Å². The number of hydrogen-bond acceptors (Lipinski definition) is 6. The molecule has 0 unspecified atom stereocenters. The molecule has 0 bridgehead atoms. The Hall–Kier alpha value is -3.22. The maximum Gasteiger partial charge on any atom is 0.269 e. The van der Waals surface area contributed by atoms with E-state index in [0.717, 1.165) is 5.56 Å². The first-order chi connectivity index (χ1) is 13.8. The number of aromatic nitrogens is 3. The van der Waals surface area contributed by atoms with E-state index >= 15 is 0 Å². The van der Waals surface area contributed by atoms with Crippen molar-refractivity contribution < 1.29 is 19.8 Å². The van der Waals surface area contributed by atoms with Crippen LogP contribution >= 0.6 is 0 Å². The van der Waals surface area contributed by atoms with Gasteiger partial charge in [-0.3, -0.25) is 9.59 Å². The Bertz CT molecular complexity index is 1070. The normalized spacial score (nSPS) is 23.5. The summed E-state index contributed by atoms with van der Waals surface area (Å²) < 4.78 is 1.51. The van der Waals surface area contributed by atoms with Crippen LogP contribution in [0.1, 0.15) is 40.2 Å². The molecule has 4 N–H and O–H groups in total. The van der Waals surface area contributed by atoms with Crippen LogP contribution in [0.25, 0.3) is 5.82 Å². The lowest BCUT2D eigenvalue weighted by Crippen LogP contribution is -2.37. The van der Waals surface area contributed by atoms with Gasteiger partial charge in [0.15, 0.2) is 11.5 Å². The monoisotopic (exact) mass is 395 g/mol. The molecule has 0 saturated carbocycles. The first-order valence-corrected chi connectivity index (χ1v) is 9.34. The molecule has 0 aromatic carbocycles. The Morgan fingerprint density at radius 3 is 2.93 bits per heavy atom. The summed E-state index contributed by atoms with van der Waals surface area (Å²) in [4.78, 5) is 29.6.